The summed E-state index contributed by atoms with van der Waals surface area (Å²) in [4.78, 5) is 24.0. The van der Waals surface area contributed by atoms with E-state index in [1.54, 1.807) is 24.3 Å². The monoisotopic (exact) mass is 460 g/mol. The van der Waals surface area contributed by atoms with Crippen molar-refractivity contribution in [2.75, 3.05) is 17.7 Å². The Labute approximate surface area is 188 Å². The van der Waals surface area contributed by atoms with Gasteiger partial charge in [-0.3, -0.25) is 9.59 Å². The minimum Gasteiger partial charge on any atom is -0.484 e. The number of thioether (sulfide) groups is 1. The molecule has 0 radical (unpaired) electrons. The van der Waals surface area contributed by atoms with Crippen LogP contribution in [0.25, 0.3) is 0 Å². The molecule has 3 aromatic rings. The molecule has 0 atom stereocenters. The van der Waals surface area contributed by atoms with Crippen molar-refractivity contribution in [3.63, 3.8) is 0 Å². The second-order valence-electron chi connectivity index (χ2n) is 6.64. The fourth-order valence-electron chi connectivity index (χ4n) is 2.54. The Bertz CT molecular complexity index is 1060. The van der Waals surface area contributed by atoms with E-state index < -0.39 is 0 Å². The van der Waals surface area contributed by atoms with E-state index in [1.807, 2.05) is 32.0 Å². The number of hydrogen-bond donors (Lipinski definition) is 2. The highest BCUT2D eigenvalue weighted by Gasteiger charge is 2.12. The molecule has 2 aromatic carbocycles. The number of carbonyl (C=O) groups excluding carboxylic acids is 2. The quantitative estimate of drug-likeness (QED) is 0.468. The molecule has 162 valence electrons. The first-order valence-corrected chi connectivity index (χ1v) is 10.7. The van der Waals surface area contributed by atoms with E-state index >= 15 is 0 Å². The van der Waals surface area contributed by atoms with Crippen molar-refractivity contribution in [2.45, 2.75) is 25.6 Å². The van der Waals surface area contributed by atoms with Crippen molar-refractivity contribution < 1.29 is 18.7 Å². The zero-order valence-electron chi connectivity index (χ0n) is 17.0. The van der Waals surface area contributed by atoms with E-state index in [2.05, 4.69) is 20.8 Å². The number of carbonyl (C=O) groups is 2. The normalized spacial score (nSPS) is 10.5. The Hall–Kier alpha value is -3.04. The summed E-state index contributed by atoms with van der Waals surface area (Å²) < 4.78 is 10.8. The molecule has 8 nitrogen and oxygen atoms in total. The number of nitrogens with zero attached hydrogens (tertiary/aromatic N) is 2. The molecule has 1 heterocycles. The van der Waals surface area contributed by atoms with Gasteiger partial charge < -0.3 is 19.8 Å². The zero-order chi connectivity index (χ0) is 22.2. The number of halogens is 1. The lowest BCUT2D eigenvalue weighted by Gasteiger charge is -2.08. The highest BCUT2D eigenvalue weighted by Crippen LogP contribution is 2.19. The third-order valence-electron chi connectivity index (χ3n) is 4.05. The minimum absolute atomic E-state index is 0.0606. The van der Waals surface area contributed by atoms with Crippen LogP contribution in [0.5, 0.6) is 5.75 Å². The average Bonchev–Trinajstić information content (AvgIpc) is 3.20. The summed E-state index contributed by atoms with van der Waals surface area (Å²) in [5.74, 6) is 0.378. The lowest BCUT2D eigenvalue weighted by atomic mass is 10.1. The second-order valence-corrected chi connectivity index (χ2v) is 8.00. The molecule has 3 rings (SSSR count). The molecule has 0 aliphatic rings. The Morgan fingerprint density at radius 2 is 1.87 bits per heavy atom. The molecule has 0 aliphatic heterocycles. The standard InChI is InChI=1S/C21H21ClN4O4S/c1-13-3-8-17(14(2)9-13)24-19(28)12-31-21-26-25-20(30-21)10-23-18(27)11-29-16-6-4-15(22)5-7-16/h3-9H,10-12H2,1-2H3,(H,23,27)(H,24,28). The molecule has 2 amide bonds. The van der Waals surface area contributed by atoms with E-state index in [-0.39, 0.29) is 41.8 Å². The second kappa shape index (κ2) is 10.8. The van der Waals surface area contributed by atoms with Crippen molar-refractivity contribution in [3.05, 3.63) is 64.5 Å². The van der Waals surface area contributed by atoms with Crippen LogP contribution in [-0.4, -0.2) is 34.4 Å². The summed E-state index contributed by atoms with van der Waals surface area (Å²) in [6.45, 7) is 3.84. The summed E-state index contributed by atoms with van der Waals surface area (Å²) in [7, 11) is 0. The van der Waals surface area contributed by atoms with Crippen LogP contribution < -0.4 is 15.4 Å². The molecule has 0 saturated carbocycles. The number of nitrogens with one attached hydrogen (secondary N) is 2. The Kier molecular flexibility index (Phi) is 7.91. The number of anilines is 1. The van der Waals surface area contributed by atoms with E-state index in [4.69, 9.17) is 20.8 Å². The van der Waals surface area contributed by atoms with Gasteiger partial charge in [0.15, 0.2) is 6.61 Å². The predicted molar refractivity (Wildman–Crippen MR) is 118 cm³/mol. The Balaban J connectivity index is 1.39. The third kappa shape index (κ3) is 7.30. The average molecular weight is 461 g/mol. The molecule has 1 aromatic heterocycles. The first-order chi connectivity index (χ1) is 14.9. The van der Waals surface area contributed by atoms with Crippen molar-refractivity contribution >= 4 is 40.9 Å². The first-order valence-electron chi connectivity index (χ1n) is 9.36. The van der Waals surface area contributed by atoms with Gasteiger partial charge in [-0.1, -0.05) is 41.1 Å². The fourth-order valence-corrected chi connectivity index (χ4v) is 3.25. The fraction of sp³-hybridized carbons (Fsp3) is 0.238. The van der Waals surface area contributed by atoms with Crippen LogP contribution >= 0.6 is 23.4 Å². The number of aryl methyl sites for hydroxylation is 2. The van der Waals surface area contributed by atoms with Crippen molar-refractivity contribution in [3.8, 4) is 5.75 Å². The third-order valence-corrected chi connectivity index (χ3v) is 5.12. The van der Waals surface area contributed by atoms with Gasteiger partial charge in [0.25, 0.3) is 11.1 Å². The summed E-state index contributed by atoms with van der Waals surface area (Å²) in [6, 6.07) is 12.5. The van der Waals surface area contributed by atoms with Crippen molar-refractivity contribution in [2.24, 2.45) is 0 Å². The topological polar surface area (TPSA) is 106 Å². The van der Waals surface area contributed by atoms with Crippen LogP contribution in [0.1, 0.15) is 17.0 Å². The number of benzene rings is 2. The van der Waals surface area contributed by atoms with E-state index in [0.717, 1.165) is 28.6 Å². The van der Waals surface area contributed by atoms with Crippen LogP contribution in [0.15, 0.2) is 52.1 Å². The van der Waals surface area contributed by atoms with Crippen molar-refractivity contribution in [1.82, 2.24) is 15.5 Å². The Morgan fingerprint density at radius 3 is 2.61 bits per heavy atom. The van der Waals surface area contributed by atoms with E-state index in [0.29, 0.717) is 10.8 Å². The zero-order valence-corrected chi connectivity index (χ0v) is 18.5. The van der Waals surface area contributed by atoms with Gasteiger partial charge in [0.1, 0.15) is 5.75 Å². The van der Waals surface area contributed by atoms with Crippen LogP contribution in [0.2, 0.25) is 5.02 Å². The van der Waals surface area contributed by atoms with Gasteiger partial charge in [-0.25, -0.2) is 0 Å². The van der Waals surface area contributed by atoms with Gasteiger partial charge in [0.05, 0.1) is 12.3 Å². The van der Waals surface area contributed by atoms with Crippen LogP contribution in [0.3, 0.4) is 0 Å². The van der Waals surface area contributed by atoms with Crippen LogP contribution in [0.4, 0.5) is 5.69 Å². The van der Waals surface area contributed by atoms with Gasteiger partial charge in [-0.15, -0.1) is 10.2 Å². The lowest BCUT2D eigenvalue weighted by Crippen LogP contribution is -2.28. The molecule has 0 bridgehead atoms. The van der Waals surface area contributed by atoms with Gasteiger partial charge in [0, 0.05) is 10.7 Å². The van der Waals surface area contributed by atoms with Gasteiger partial charge in [-0.2, -0.15) is 0 Å². The maximum atomic E-state index is 12.2. The molecule has 0 saturated heterocycles. The first kappa shape index (κ1) is 22.6. The molecule has 0 aliphatic carbocycles. The summed E-state index contributed by atoms with van der Waals surface area (Å²) in [5.41, 5.74) is 2.90. The SMILES string of the molecule is Cc1ccc(NC(=O)CSc2nnc(CNC(=O)COc3ccc(Cl)cc3)o2)c(C)c1. The van der Waals surface area contributed by atoms with E-state index in [1.165, 1.54) is 0 Å². The molecule has 0 unspecified atom stereocenters. The lowest BCUT2D eigenvalue weighted by molar-refractivity contribution is -0.123. The molecule has 0 spiro atoms. The summed E-state index contributed by atoms with van der Waals surface area (Å²) >= 11 is 6.92. The number of aromatic nitrogens is 2. The number of ether oxygens (including phenoxy) is 1. The van der Waals surface area contributed by atoms with Gasteiger partial charge in [0.2, 0.25) is 11.8 Å². The highest BCUT2D eigenvalue weighted by molar-refractivity contribution is 7.99. The highest BCUT2D eigenvalue weighted by atomic mass is 35.5. The maximum absolute atomic E-state index is 12.2. The largest absolute Gasteiger partial charge is 0.484 e. The van der Waals surface area contributed by atoms with Gasteiger partial charge >= 0.3 is 0 Å². The maximum Gasteiger partial charge on any atom is 0.277 e. The Morgan fingerprint density at radius 1 is 1.10 bits per heavy atom. The van der Waals surface area contributed by atoms with Crippen LogP contribution in [-0.2, 0) is 16.1 Å². The molecular weight excluding hydrogens is 440 g/mol. The molecule has 2 N–H and O–H groups in total. The van der Waals surface area contributed by atoms with Gasteiger partial charge in [-0.05, 0) is 49.7 Å². The number of rotatable bonds is 9. The summed E-state index contributed by atoms with van der Waals surface area (Å²) in [6.07, 6.45) is 0. The molecule has 10 heteroatoms. The van der Waals surface area contributed by atoms with Crippen LogP contribution in [0, 0.1) is 13.8 Å². The molecule has 31 heavy (non-hydrogen) atoms. The number of hydrogen-bond acceptors (Lipinski definition) is 7. The number of amides is 2. The minimum atomic E-state index is -0.338. The molecular formula is C21H21ClN4O4S. The smallest absolute Gasteiger partial charge is 0.277 e. The molecule has 0 fully saturated rings. The van der Waals surface area contributed by atoms with E-state index in [9.17, 15) is 9.59 Å². The van der Waals surface area contributed by atoms with Crippen molar-refractivity contribution in [1.29, 1.82) is 0 Å². The summed E-state index contributed by atoms with van der Waals surface area (Å²) in [5, 5.41) is 14.1. The predicted octanol–water partition coefficient (Wildman–Crippen LogP) is 3.77.